The van der Waals surface area contributed by atoms with Gasteiger partial charge in [0.15, 0.2) is 0 Å². The highest BCUT2D eigenvalue weighted by molar-refractivity contribution is 5.96. The standard InChI is InChI=1S/C16H22N4O/c1-13(20-9-2-3-10-20)11-19-16(21)15-6-8-18-12-14(15)5-4-7-17/h6,8,12-13H,2-3,7,9-11,17H2,1H3,(H,19,21). The van der Waals surface area contributed by atoms with Crippen LogP contribution in [0.5, 0.6) is 0 Å². The first-order valence-corrected chi connectivity index (χ1v) is 7.37. The van der Waals surface area contributed by atoms with Crippen LogP contribution in [0.1, 0.15) is 35.7 Å². The van der Waals surface area contributed by atoms with Crippen molar-refractivity contribution in [1.29, 1.82) is 0 Å². The number of nitrogens with zero attached hydrogens (tertiary/aromatic N) is 2. The fourth-order valence-corrected chi connectivity index (χ4v) is 2.49. The van der Waals surface area contributed by atoms with Crippen molar-refractivity contribution >= 4 is 5.91 Å². The van der Waals surface area contributed by atoms with Crippen molar-refractivity contribution in [2.45, 2.75) is 25.8 Å². The number of hydrogen-bond acceptors (Lipinski definition) is 4. The summed E-state index contributed by atoms with van der Waals surface area (Å²) in [5.74, 6) is 5.54. The Morgan fingerprint density at radius 2 is 2.29 bits per heavy atom. The van der Waals surface area contributed by atoms with E-state index in [1.807, 2.05) is 0 Å². The smallest absolute Gasteiger partial charge is 0.252 e. The first-order valence-electron chi connectivity index (χ1n) is 7.37. The van der Waals surface area contributed by atoms with Crippen LogP contribution in [0.2, 0.25) is 0 Å². The van der Waals surface area contributed by atoms with E-state index in [2.05, 4.69) is 34.0 Å². The number of pyridine rings is 1. The minimum absolute atomic E-state index is 0.107. The Hall–Kier alpha value is -1.90. The molecule has 0 radical (unpaired) electrons. The van der Waals surface area contributed by atoms with Crippen LogP contribution in [0.3, 0.4) is 0 Å². The van der Waals surface area contributed by atoms with Crippen LogP contribution in [0.25, 0.3) is 0 Å². The molecule has 1 atom stereocenters. The molecule has 0 aliphatic carbocycles. The van der Waals surface area contributed by atoms with Crippen molar-refractivity contribution in [3.63, 3.8) is 0 Å². The van der Waals surface area contributed by atoms with Gasteiger partial charge in [-0.1, -0.05) is 11.8 Å². The molecule has 2 heterocycles. The molecule has 0 bridgehead atoms. The summed E-state index contributed by atoms with van der Waals surface area (Å²) >= 11 is 0. The van der Waals surface area contributed by atoms with Crippen molar-refractivity contribution in [2.75, 3.05) is 26.2 Å². The molecule has 5 heteroatoms. The second-order valence-electron chi connectivity index (χ2n) is 5.23. The maximum atomic E-state index is 12.3. The summed E-state index contributed by atoms with van der Waals surface area (Å²) < 4.78 is 0. The molecule has 0 spiro atoms. The van der Waals surface area contributed by atoms with E-state index in [-0.39, 0.29) is 12.5 Å². The fourth-order valence-electron chi connectivity index (χ4n) is 2.49. The molecule has 3 N–H and O–H groups in total. The Kier molecular flexibility index (Phi) is 5.73. The lowest BCUT2D eigenvalue weighted by molar-refractivity contribution is 0.0940. The summed E-state index contributed by atoms with van der Waals surface area (Å²) in [5, 5.41) is 2.99. The minimum atomic E-state index is -0.107. The number of carbonyl (C=O) groups is 1. The average molecular weight is 286 g/mol. The lowest BCUT2D eigenvalue weighted by Gasteiger charge is -2.23. The van der Waals surface area contributed by atoms with Gasteiger partial charge in [-0.2, -0.15) is 0 Å². The SMILES string of the molecule is CC(CNC(=O)c1ccncc1C#CCN)N1CCCC1. The van der Waals surface area contributed by atoms with Crippen molar-refractivity contribution < 1.29 is 4.79 Å². The maximum absolute atomic E-state index is 12.3. The molecule has 112 valence electrons. The number of rotatable bonds is 4. The molecule has 1 fully saturated rings. The molecule has 1 amide bonds. The molecule has 2 rings (SSSR count). The van der Waals surface area contributed by atoms with Gasteiger partial charge in [0.25, 0.3) is 5.91 Å². The summed E-state index contributed by atoms with van der Waals surface area (Å²) in [5.41, 5.74) is 6.55. The van der Waals surface area contributed by atoms with Crippen molar-refractivity contribution in [1.82, 2.24) is 15.2 Å². The molecule has 1 saturated heterocycles. The molecule has 0 saturated carbocycles. The van der Waals surface area contributed by atoms with Gasteiger partial charge in [0.1, 0.15) is 0 Å². The second kappa shape index (κ2) is 7.77. The topological polar surface area (TPSA) is 71.2 Å². The molecule has 1 aliphatic heterocycles. The van der Waals surface area contributed by atoms with Crippen molar-refractivity contribution in [3.05, 3.63) is 29.6 Å². The van der Waals surface area contributed by atoms with E-state index in [4.69, 9.17) is 5.73 Å². The molecule has 1 aromatic heterocycles. The zero-order chi connectivity index (χ0) is 15.1. The third kappa shape index (κ3) is 4.28. The number of likely N-dealkylation sites (tertiary alicyclic amines) is 1. The highest BCUT2D eigenvalue weighted by Crippen LogP contribution is 2.11. The van der Waals surface area contributed by atoms with E-state index in [0.717, 1.165) is 13.1 Å². The Morgan fingerprint density at radius 1 is 1.52 bits per heavy atom. The maximum Gasteiger partial charge on any atom is 0.252 e. The van der Waals surface area contributed by atoms with Gasteiger partial charge in [-0.05, 0) is 38.9 Å². The predicted octanol–water partition coefficient (Wildman–Crippen LogP) is 0.606. The number of carbonyl (C=O) groups excluding carboxylic acids is 1. The zero-order valence-corrected chi connectivity index (χ0v) is 12.4. The lowest BCUT2D eigenvalue weighted by atomic mass is 10.1. The number of hydrogen-bond donors (Lipinski definition) is 2. The Bertz CT molecular complexity index is 541. The largest absolute Gasteiger partial charge is 0.350 e. The molecule has 1 aliphatic rings. The molecule has 5 nitrogen and oxygen atoms in total. The van der Waals surface area contributed by atoms with Gasteiger partial charge < -0.3 is 11.1 Å². The first kappa shape index (κ1) is 15.5. The monoisotopic (exact) mass is 286 g/mol. The van der Waals surface area contributed by atoms with Crippen LogP contribution in [0, 0.1) is 11.8 Å². The van der Waals surface area contributed by atoms with Crippen LogP contribution in [0.15, 0.2) is 18.5 Å². The number of aromatic nitrogens is 1. The Labute approximate surface area is 125 Å². The third-order valence-electron chi connectivity index (χ3n) is 3.71. The van der Waals surface area contributed by atoms with Gasteiger partial charge in [0.05, 0.1) is 17.7 Å². The molecule has 1 unspecified atom stereocenters. The molecular formula is C16H22N4O. The Balaban J connectivity index is 1.96. The first-order chi connectivity index (χ1) is 10.2. The van der Waals surface area contributed by atoms with E-state index in [0.29, 0.717) is 23.7 Å². The number of nitrogens with two attached hydrogens (primary N) is 1. The summed E-state index contributed by atoms with van der Waals surface area (Å²) in [4.78, 5) is 18.7. The molecular weight excluding hydrogens is 264 g/mol. The third-order valence-corrected chi connectivity index (χ3v) is 3.71. The molecule has 1 aromatic rings. The Morgan fingerprint density at radius 3 is 3.00 bits per heavy atom. The van der Waals surface area contributed by atoms with Gasteiger partial charge in [-0.15, -0.1) is 0 Å². The van der Waals surface area contributed by atoms with Crippen LogP contribution in [-0.4, -0.2) is 48.0 Å². The summed E-state index contributed by atoms with van der Waals surface area (Å²) in [6, 6.07) is 2.05. The highest BCUT2D eigenvalue weighted by atomic mass is 16.1. The van der Waals surface area contributed by atoms with Gasteiger partial charge in [0.2, 0.25) is 0 Å². The van der Waals surface area contributed by atoms with E-state index in [1.54, 1.807) is 18.5 Å². The van der Waals surface area contributed by atoms with Gasteiger partial charge in [-0.25, -0.2) is 0 Å². The van der Waals surface area contributed by atoms with Gasteiger partial charge >= 0.3 is 0 Å². The van der Waals surface area contributed by atoms with Crippen molar-refractivity contribution in [3.8, 4) is 11.8 Å². The number of amides is 1. The fraction of sp³-hybridized carbons (Fsp3) is 0.500. The van der Waals surface area contributed by atoms with Crippen LogP contribution in [0.4, 0.5) is 0 Å². The van der Waals surface area contributed by atoms with Gasteiger partial charge in [-0.3, -0.25) is 14.7 Å². The molecule has 21 heavy (non-hydrogen) atoms. The highest BCUT2D eigenvalue weighted by Gasteiger charge is 2.19. The van der Waals surface area contributed by atoms with Crippen LogP contribution >= 0.6 is 0 Å². The van der Waals surface area contributed by atoms with E-state index < -0.39 is 0 Å². The number of nitrogens with one attached hydrogen (secondary N) is 1. The lowest BCUT2D eigenvalue weighted by Crippen LogP contribution is -2.40. The summed E-state index contributed by atoms with van der Waals surface area (Å²) in [6.07, 6.45) is 5.71. The van der Waals surface area contributed by atoms with E-state index in [1.165, 1.54) is 12.8 Å². The zero-order valence-electron chi connectivity index (χ0n) is 12.4. The quantitative estimate of drug-likeness (QED) is 0.795. The average Bonchev–Trinajstić information content (AvgIpc) is 3.05. The predicted molar refractivity (Wildman–Crippen MR) is 82.8 cm³/mol. The van der Waals surface area contributed by atoms with Gasteiger partial charge in [0, 0.05) is 25.0 Å². The van der Waals surface area contributed by atoms with Crippen molar-refractivity contribution in [2.24, 2.45) is 5.73 Å². The summed E-state index contributed by atoms with van der Waals surface area (Å²) in [7, 11) is 0. The summed E-state index contributed by atoms with van der Waals surface area (Å²) in [6.45, 7) is 5.30. The second-order valence-corrected chi connectivity index (χ2v) is 5.23. The molecule has 0 aromatic carbocycles. The van der Waals surface area contributed by atoms with E-state index >= 15 is 0 Å². The minimum Gasteiger partial charge on any atom is -0.350 e. The van der Waals surface area contributed by atoms with Crippen LogP contribution < -0.4 is 11.1 Å². The van der Waals surface area contributed by atoms with Crippen LogP contribution in [-0.2, 0) is 0 Å². The normalized spacial score (nSPS) is 16.1. The van der Waals surface area contributed by atoms with E-state index in [9.17, 15) is 4.79 Å².